The van der Waals surface area contributed by atoms with Crippen LogP contribution in [0.5, 0.6) is 11.5 Å². The molecule has 4 aromatic rings. The van der Waals surface area contributed by atoms with Crippen LogP contribution in [0.3, 0.4) is 0 Å². The minimum atomic E-state index is -0.434. The first kappa shape index (κ1) is 22.1. The second-order valence-corrected chi connectivity index (χ2v) is 7.73. The molecule has 0 aliphatic heterocycles. The molecule has 0 saturated carbocycles. The van der Waals surface area contributed by atoms with E-state index in [2.05, 4.69) is 22.4 Å². The molecule has 0 fully saturated rings. The standard InChI is InChI=1S/C27H27N3O3/c1-30-16-15-28-27(30)26(22-12-8-13-23(18-22)32-2)29-25(31)19-33-24-14-7-6-11-21(24)17-20-9-4-3-5-10-20/h3-16,18,26H,17,19H2,1-2H3,(H,29,31)/t26-/m0/s1. The maximum Gasteiger partial charge on any atom is 0.258 e. The Morgan fingerprint density at radius 3 is 2.58 bits per heavy atom. The van der Waals surface area contributed by atoms with Crippen molar-refractivity contribution in [1.29, 1.82) is 0 Å². The van der Waals surface area contributed by atoms with Crippen molar-refractivity contribution in [3.05, 3.63) is 114 Å². The average molecular weight is 442 g/mol. The van der Waals surface area contributed by atoms with Crippen molar-refractivity contribution in [2.45, 2.75) is 12.5 Å². The van der Waals surface area contributed by atoms with Crippen LogP contribution in [0.2, 0.25) is 0 Å². The SMILES string of the molecule is COc1cccc([C@H](NC(=O)COc2ccccc2Cc2ccccc2)c2nccn2C)c1. The third kappa shape index (κ3) is 5.60. The molecule has 4 rings (SSSR count). The van der Waals surface area contributed by atoms with Gasteiger partial charge >= 0.3 is 0 Å². The minimum absolute atomic E-state index is 0.101. The maximum absolute atomic E-state index is 12.9. The normalized spacial score (nSPS) is 11.6. The molecule has 1 aromatic heterocycles. The van der Waals surface area contributed by atoms with Gasteiger partial charge in [-0.15, -0.1) is 0 Å². The van der Waals surface area contributed by atoms with E-state index in [9.17, 15) is 4.79 Å². The van der Waals surface area contributed by atoms with Gasteiger partial charge in [0.2, 0.25) is 0 Å². The number of imidazole rings is 1. The first-order chi connectivity index (χ1) is 16.1. The number of aromatic nitrogens is 2. The van der Waals surface area contributed by atoms with Crippen LogP contribution in [0.4, 0.5) is 0 Å². The quantitative estimate of drug-likeness (QED) is 0.421. The average Bonchev–Trinajstić information content (AvgIpc) is 3.28. The Kier molecular flexibility index (Phi) is 7.05. The number of rotatable bonds is 9. The van der Waals surface area contributed by atoms with E-state index in [1.54, 1.807) is 13.3 Å². The molecule has 0 bridgehead atoms. The molecule has 0 spiro atoms. The van der Waals surface area contributed by atoms with Gasteiger partial charge in [0.1, 0.15) is 23.4 Å². The molecule has 0 saturated heterocycles. The monoisotopic (exact) mass is 441 g/mol. The van der Waals surface area contributed by atoms with Crippen molar-refractivity contribution in [2.24, 2.45) is 7.05 Å². The predicted molar refractivity (Wildman–Crippen MR) is 127 cm³/mol. The second kappa shape index (κ2) is 10.5. The summed E-state index contributed by atoms with van der Waals surface area (Å²) in [6, 6.07) is 25.2. The van der Waals surface area contributed by atoms with Gasteiger partial charge in [-0.05, 0) is 34.9 Å². The van der Waals surface area contributed by atoms with Gasteiger partial charge in [0.15, 0.2) is 6.61 Å². The summed E-state index contributed by atoms with van der Waals surface area (Å²) in [6.07, 6.45) is 4.30. The van der Waals surface area contributed by atoms with Gasteiger partial charge < -0.3 is 19.4 Å². The number of carbonyl (C=O) groups excluding carboxylic acids is 1. The zero-order valence-electron chi connectivity index (χ0n) is 18.8. The highest BCUT2D eigenvalue weighted by Crippen LogP contribution is 2.25. The van der Waals surface area contributed by atoms with E-state index < -0.39 is 6.04 Å². The number of ether oxygens (including phenoxy) is 2. The Balaban J connectivity index is 1.48. The molecular weight excluding hydrogens is 414 g/mol. The van der Waals surface area contributed by atoms with Gasteiger partial charge in [-0.3, -0.25) is 4.79 Å². The lowest BCUT2D eigenvalue weighted by Gasteiger charge is -2.20. The lowest BCUT2D eigenvalue weighted by molar-refractivity contribution is -0.123. The summed E-state index contributed by atoms with van der Waals surface area (Å²) in [4.78, 5) is 17.4. The Bertz CT molecular complexity index is 1200. The van der Waals surface area contributed by atoms with Crippen LogP contribution in [0, 0.1) is 0 Å². The van der Waals surface area contributed by atoms with Gasteiger partial charge in [-0.2, -0.15) is 0 Å². The molecule has 1 N–H and O–H groups in total. The number of hydrogen-bond donors (Lipinski definition) is 1. The Labute approximate surface area is 193 Å². The molecule has 1 atom stereocenters. The first-order valence-corrected chi connectivity index (χ1v) is 10.8. The fourth-order valence-electron chi connectivity index (χ4n) is 3.73. The van der Waals surface area contributed by atoms with Crippen molar-refractivity contribution in [1.82, 2.24) is 14.9 Å². The van der Waals surface area contributed by atoms with Gasteiger partial charge in [-0.1, -0.05) is 60.7 Å². The number of aryl methyl sites for hydroxylation is 1. The van der Waals surface area contributed by atoms with Crippen molar-refractivity contribution in [3.8, 4) is 11.5 Å². The molecule has 0 radical (unpaired) electrons. The number of para-hydroxylation sites is 1. The summed E-state index contributed by atoms with van der Waals surface area (Å²) in [5.74, 6) is 1.90. The highest BCUT2D eigenvalue weighted by Gasteiger charge is 2.21. The third-order valence-electron chi connectivity index (χ3n) is 5.42. The number of methoxy groups -OCH3 is 1. The van der Waals surface area contributed by atoms with Gasteiger partial charge in [0.05, 0.1) is 7.11 Å². The van der Waals surface area contributed by atoms with Crippen LogP contribution in [-0.2, 0) is 18.3 Å². The van der Waals surface area contributed by atoms with E-state index in [1.165, 1.54) is 5.56 Å². The molecule has 1 heterocycles. The van der Waals surface area contributed by atoms with E-state index in [4.69, 9.17) is 9.47 Å². The number of amides is 1. The van der Waals surface area contributed by atoms with Crippen LogP contribution in [-0.4, -0.2) is 29.2 Å². The Morgan fingerprint density at radius 2 is 1.82 bits per heavy atom. The summed E-state index contributed by atoms with van der Waals surface area (Å²) in [6.45, 7) is -0.101. The smallest absolute Gasteiger partial charge is 0.258 e. The summed E-state index contributed by atoms with van der Waals surface area (Å²) >= 11 is 0. The summed E-state index contributed by atoms with van der Waals surface area (Å²) in [5, 5.41) is 3.06. The largest absolute Gasteiger partial charge is 0.497 e. The van der Waals surface area contributed by atoms with Gasteiger partial charge in [-0.25, -0.2) is 4.98 Å². The zero-order chi connectivity index (χ0) is 23.0. The minimum Gasteiger partial charge on any atom is -0.497 e. The summed E-state index contributed by atoms with van der Waals surface area (Å²) < 4.78 is 13.2. The molecule has 33 heavy (non-hydrogen) atoms. The number of nitrogens with one attached hydrogen (secondary N) is 1. The Morgan fingerprint density at radius 1 is 1.03 bits per heavy atom. The topological polar surface area (TPSA) is 65.4 Å². The maximum atomic E-state index is 12.9. The van der Waals surface area contributed by atoms with Crippen molar-refractivity contribution < 1.29 is 14.3 Å². The lowest BCUT2D eigenvalue weighted by atomic mass is 10.0. The highest BCUT2D eigenvalue weighted by molar-refractivity contribution is 5.78. The Hall–Kier alpha value is -4.06. The number of carbonyl (C=O) groups is 1. The van der Waals surface area contributed by atoms with Gasteiger partial charge in [0.25, 0.3) is 5.91 Å². The molecule has 168 valence electrons. The molecular formula is C27H27N3O3. The lowest BCUT2D eigenvalue weighted by Crippen LogP contribution is -2.34. The van der Waals surface area contributed by atoms with Crippen molar-refractivity contribution in [3.63, 3.8) is 0 Å². The van der Waals surface area contributed by atoms with Crippen LogP contribution >= 0.6 is 0 Å². The molecule has 1 amide bonds. The van der Waals surface area contributed by atoms with E-state index in [-0.39, 0.29) is 12.5 Å². The third-order valence-corrected chi connectivity index (χ3v) is 5.42. The summed E-state index contributed by atoms with van der Waals surface area (Å²) in [7, 11) is 3.52. The number of benzene rings is 3. The second-order valence-electron chi connectivity index (χ2n) is 7.73. The van der Waals surface area contributed by atoms with Crippen LogP contribution < -0.4 is 14.8 Å². The van der Waals surface area contributed by atoms with E-state index in [0.29, 0.717) is 11.5 Å². The molecule has 3 aromatic carbocycles. The highest BCUT2D eigenvalue weighted by atomic mass is 16.5. The molecule has 6 nitrogen and oxygen atoms in total. The number of hydrogen-bond acceptors (Lipinski definition) is 4. The van der Waals surface area contributed by atoms with Crippen LogP contribution in [0.15, 0.2) is 91.3 Å². The molecule has 6 heteroatoms. The molecule has 0 aliphatic rings. The van der Waals surface area contributed by atoms with Gasteiger partial charge in [0, 0.05) is 25.9 Å². The van der Waals surface area contributed by atoms with Crippen molar-refractivity contribution in [2.75, 3.05) is 13.7 Å². The summed E-state index contributed by atoms with van der Waals surface area (Å²) in [5.41, 5.74) is 3.09. The van der Waals surface area contributed by atoms with E-state index >= 15 is 0 Å². The molecule has 0 aliphatic carbocycles. The fraction of sp³-hybridized carbons (Fsp3) is 0.185. The zero-order valence-corrected chi connectivity index (χ0v) is 18.8. The van der Waals surface area contributed by atoms with Crippen LogP contribution in [0.25, 0.3) is 0 Å². The van der Waals surface area contributed by atoms with E-state index in [0.717, 1.165) is 23.4 Å². The molecule has 0 unspecified atom stereocenters. The van der Waals surface area contributed by atoms with Crippen LogP contribution in [0.1, 0.15) is 28.6 Å². The fourth-order valence-corrected chi connectivity index (χ4v) is 3.73. The number of nitrogens with zero attached hydrogens (tertiary/aromatic N) is 2. The van der Waals surface area contributed by atoms with E-state index in [1.807, 2.05) is 84.5 Å². The first-order valence-electron chi connectivity index (χ1n) is 10.8. The predicted octanol–water partition coefficient (Wildman–Crippen LogP) is 4.30. The van der Waals surface area contributed by atoms with Crippen molar-refractivity contribution >= 4 is 5.91 Å².